The molecule has 0 aromatic heterocycles. The van der Waals surface area contributed by atoms with Crippen LogP contribution in [-0.2, 0) is 6.54 Å². The maximum absolute atomic E-state index is 5.34. The van der Waals surface area contributed by atoms with Crippen LogP contribution in [0.25, 0.3) is 0 Å². The molecule has 2 N–H and O–H groups in total. The zero-order chi connectivity index (χ0) is 16.7. The van der Waals surface area contributed by atoms with Crippen LogP contribution in [0.2, 0.25) is 0 Å². The molecule has 1 aliphatic rings. The fraction of sp³-hybridized carbons (Fsp3) is 0.611. The number of aliphatic imine (C=N–C) groups is 1. The summed E-state index contributed by atoms with van der Waals surface area (Å²) in [6.45, 7) is 5.81. The van der Waals surface area contributed by atoms with Gasteiger partial charge in [0.1, 0.15) is 0 Å². The summed E-state index contributed by atoms with van der Waals surface area (Å²) >= 11 is 0. The molecule has 5 heteroatoms. The molecule has 0 spiro atoms. The molecule has 0 radical (unpaired) electrons. The summed E-state index contributed by atoms with van der Waals surface area (Å²) < 4.78 is 10.6. The lowest BCUT2D eigenvalue weighted by Gasteiger charge is -2.12. The minimum Gasteiger partial charge on any atom is -0.493 e. The van der Waals surface area contributed by atoms with Crippen LogP contribution in [0.15, 0.2) is 23.2 Å². The molecule has 0 amide bonds. The Hall–Kier alpha value is -1.91. The standard InChI is InChI=1S/C18H29N3O2/c1-5-7-14-11-15(14)21-18(19-6-2)20-12-13-8-9-16(22-3)17(10-13)23-4/h8-10,14-15H,5-7,11-12H2,1-4H3,(H2,19,20,21). The van der Waals surface area contributed by atoms with E-state index in [-0.39, 0.29) is 0 Å². The second kappa shape index (κ2) is 8.65. The van der Waals surface area contributed by atoms with E-state index in [1.807, 2.05) is 18.2 Å². The van der Waals surface area contributed by atoms with Crippen LogP contribution in [0.1, 0.15) is 38.7 Å². The van der Waals surface area contributed by atoms with Crippen LogP contribution in [0.5, 0.6) is 11.5 Å². The van der Waals surface area contributed by atoms with E-state index in [2.05, 4.69) is 29.5 Å². The molecule has 1 aromatic carbocycles. The maximum Gasteiger partial charge on any atom is 0.191 e. The van der Waals surface area contributed by atoms with Gasteiger partial charge >= 0.3 is 0 Å². The van der Waals surface area contributed by atoms with Crippen molar-refractivity contribution in [1.29, 1.82) is 0 Å². The van der Waals surface area contributed by atoms with Gasteiger partial charge in [-0.05, 0) is 43.4 Å². The van der Waals surface area contributed by atoms with E-state index in [1.54, 1.807) is 14.2 Å². The zero-order valence-electron chi connectivity index (χ0n) is 14.7. The van der Waals surface area contributed by atoms with Gasteiger partial charge in [0.2, 0.25) is 0 Å². The normalized spacial score (nSPS) is 20.1. The third-order valence-corrected chi connectivity index (χ3v) is 4.12. The van der Waals surface area contributed by atoms with E-state index in [0.29, 0.717) is 12.6 Å². The van der Waals surface area contributed by atoms with E-state index in [9.17, 15) is 0 Å². The smallest absolute Gasteiger partial charge is 0.191 e. The molecule has 1 saturated carbocycles. The number of nitrogens with zero attached hydrogens (tertiary/aromatic N) is 1. The molecule has 0 saturated heterocycles. The fourth-order valence-electron chi connectivity index (χ4n) is 2.76. The van der Waals surface area contributed by atoms with Crippen molar-refractivity contribution >= 4 is 5.96 Å². The van der Waals surface area contributed by atoms with E-state index in [1.165, 1.54) is 19.3 Å². The van der Waals surface area contributed by atoms with Gasteiger partial charge in [-0.2, -0.15) is 0 Å². The number of guanidine groups is 1. The minimum absolute atomic E-state index is 0.582. The number of ether oxygens (including phenoxy) is 2. The van der Waals surface area contributed by atoms with Crippen molar-refractivity contribution in [2.45, 2.75) is 45.7 Å². The largest absolute Gasteiger partial charge is 0.493 e. The van der Waals surface area contributed by atoms with Crippen LogP contribution in [0, 0.1) is 5.92 Å². The van der Waals surface area contributed by atoms with Gasteiger partial charge in [0, 0.05) is 12.6 Å². The predicted octanol–water partition coefficient (Wildman–Crippen LogP) is 2.95. The average molecular weight is 319 g/mol. The number of methoxy groups -OCH3 is 2. The summed E-state index contributed by atoms with van der Waals surface area (Å²) in [4.78, 5) is 4.69. The SMILES string of the molecule is CCCC1CC1NC(=NCc1ccc(OC)c(OC)c1)NCC. The Balaban J connectivity index is 1.97. The van der Waals surface area contributed by atoms with Crippen LogP contribution in [-0.4, -0.2) is 32.8 Å². The van der Waals surface area contributed by atoms with Crippen molar-refractivity contribution in [3.05, 3.63) is 23.8 Å². The highest BCUT2D eigenvalue weighted by atomic mass is 16.5. The first-order valence-electron chi connectivity index (χ1n) is 8.47. The van der Waals surface area contributed by atoms with E-state index < -0.39 is 0 Å². The van der Waals surface area contributed by atoms with Gasteiger partial charge in [0.05, 0.1) is 20.8 Å². The molecule has 1 fully saturated rings. The van der Waals surface area contributed by atoms with E-state index >= 15 is 0 Å². The van der Waals surface area contributed by atoms with Crippen LogP contribution in [0.3, 0.4) is 0 Å². The van der Waals surface area contributed by atoms with Crippen molar-refractivity contribution in [3.63, 3.8) is 0 Å². The van der Waals surface area contributed by atoms with Crippen molar-refractivity contribution in [3.8, 4) is 11.5 Å². The lowest BCUT2D eigenvalue weighted by molar-refractivity contribution is 0.354. The van der Waals surface area contributed by atoms with Crippen molar-refractivity contribution in [2.75, 3.05) is 20.8 Å². The second-order valence-corrected chi connectivity index (χ2v) is 5.92. The Labute approximate surface area is 139 Å². The number of benzene rings is 1. The molecule has 2 atom stereocenters. The van der Waals surface area contributed by atoms with Gasteiger partial charge < -0.3 is 20.1 Å². The Morgan fingerprint density at radius 3 is 2.65 bits per heavy atom. The van der Waals surface area contributed by atoms with E-state index in [0.717, 1.165) is 35.5 Å². The first-order valence-corrected chi connectivity index (χ1v) is 8.47. The zero-order valence-corrected chi connectivity index (χ0v) is 14.7. The molecule has 5 nitrogen and oxygen atoms in total. The third-order valence-electron chi connectivity index (χ3n) is 4.12. The monoisotopic (exact) mass is 319 g/mol. The quantitative estimate of drug-likeness (QED) is 0.571. The maximum atomic E-state index is 5.34. The summed E-state index contributed by atoms with van der Waals surface area (Å²) in [6, 6.07) is 6.49. The lowest BCUT2D eigenvalue weighted by Crippen LogP contribution is -2.39. The van der Waals surface area contributed by atoms with Gasteiger partial charge in [-0.25, -0.2) is 4.99 Å². The summed E-state index contributed by atoms with van der Waals surface area (Å²) in [5, 5.41) is 6.85. The lowest BCUT2D eigenvalue weighted by atomic mass is 10.2. The molecule has 0 aliphatic heterocycles. The summed E-state index contributed by atoms with van der Waals surface area (Å²) in [5.74, 6) is 3.19. The third kappa shape index (κ3) is 5.05. The number of hydrogen-bond acceptors (Lipinski definition) is 3. The Bertz CT molecular complexity index is 531. The molecule has 2 unspecified atom stereocenters. The predicted molar refractivity (Wildman–Crippen MR) is 94.3 cm³/mol. The Morgan fingerprint density at radius 2 is 2.00 bits per heavy atom. The molecule has 0 bridgehead atoms. The van der Waals surface area contributed by atoms with Crippen LogP contribution < -0.4 is 20.1 Å². The van der Waals surface area contributed by atoms with E-state index in [4.69, 9.17) is 9.47 Å². The van der Waals surface area contributed by atoms with Crippen LogP contribution in [0.4, 0.5) is 0 Å². The highest BCUT2D eigenvalue weighted by molar-refractivity contribution is 5.80. The average Bonchev–Trinajstić information content (AvgIpc) is 3.30. The molecule has 0 heterocycles. The highest BCUT2D eigenvalue weighted by Gasteiger charge is 2.36. The first-order chi connectivity index (χ1) is 11.2. The molecular formula is C18H29N3O2. The second-order valence-electron chi connectivity index (χ2n) is 5.92. The minimum atomic E-state index is 0.582. The highest BCUT2D eigenvalue weighted by Crippen LogP contribution is 2.34. The summed E-state index contributed by atoms with van der Waals surface area (Å²) in [5.41, 5.74) is 1.10. The number of nitrogens with one attached hydrogen (secondary N) is 2. The van der Waals surface area contributed by atoms with Crippen molar-refractivity contribution < 1.29 is 9.47 Å². The van der Waals surface area contributed by atoms with Crippen LogP contribution >= 0.6 is 0 Å². The summed E-state index contributed by atoms with van der Waals surface area (Å²) in [6.07, 6.45) is 3.81. The molecule has 128 valence electrons. The van der Waals surface area contributed by atoms with Gasteiger partial charge in [-0.15, -0.1) is 0 Å². The summed E-state index contributed by atoms with van der Waals surface area (Å²) in [7, 11) is 3.29. The van der Waals surface area contributed by atoms with Crippen molar-refractivity contribution in [2.24, 2.45) is 10.9 Å². The van der Waals surface area contributed by atoms with Gasteiger partial charge in [-0.3, -0.25) is 0 Å². The number of rotatable bonds is 8. The molecule has 1 aliphatic carbocycles. The Morgan fingerprint density at radius 1 is 1.22 bits per heavy atom. The van der Waals surface area contributed by atoms with Gasteiger partial charge in [0.15, 0.2) is 17.5 Å². The number of hydrogen-bond donors (Lipinski definition) is 2. The Kier molecular flexibility index (Phi) is 6.56. The molecular weight excluding hydrogens is 290 g/mol. The topological polar surface area (TPSA) is 54.9 Å². The fourth-order valence-corrected chi connectivity index (χ4v) is 2.76. The van der Waals surface area contributed by atoms with Gasteiger partial charge in [-0.1, -0.05) is 19.4 Å². The van der Waals surface area contributed by atoms with Gasteiger partial charge in [0.25, 0.3) is 0 Å². The molecule has 2 rings (SSSR count). The molecule has 1 aromatic rings. The van der Waals surface area contributed by atoms with Crippen molar-refractivity contribution in [1.82, 2.24) is 10.6 Å². The first kappa shape index (κ1) is 17.4. The molecule has 23 heavy (non-hydrogen) atoms.